The average Bonchev–Trinajstić information content (AvgIpc) is 2.37. The summed E-state index contributed by atoms with van der Waals surface area (Å²) in [5.74, 6) is 0.962. The summed E-state index contributed by atoms with van der Waals surface area (Å²) < 4.78 is 10.9. The number of nitrogens with one attached hydrogen (secondary N) is 1. The molecule has 0 fully saturated rings. The van der Waals surface area contributed by atoms with Crippen LogP contribution in [-0.4, -0.2) is 32.4 Å². The van der Waals surface area contributed by atoms with Gasteiger partial charge in [0.15, 0.2) is 0 Å². The Bertz CT molecular complexity index is 341. The van der Waals surface area contributed by atoms with E-state index in [9.17, 15) is 0 Å². The van der Waals surface area contributed by atoms with Gasteiger partial charge in [0.1, 0.15) is 5.75 Å². The summed E-state index contributed by atoms with van der Waals surface area (Å²) >= 11 is 0. The monoisotopic (exact) mass is 251 g/mol. The van der Waals surface area contributed by atoms with Crippen LogP contribution in [0.3, 0.4) is 0 Å². The predicted octanol–water partition coefficient (Wildman–Crippen LogP) is 2.64. The molecule has 0 bridgehead atoms. The number of methoxy groups -OCH3 is 1. The van der Waals surface area contributed by atoms with Crippen LogP contribution in [0, 0.1) is 0 Å². The highest BCUT2D eigenvalue weighted by molar-refractivity contribution is 5.33. The molecule has 0 aromatic heterocycles. The molecular formula is C15H25NO2. The molecule has 1 N–H and O–H groups in total. The van der Waals surface area contributed by atoms with Gasteiger partial charge in [-0.05, 0) is 38.8 Å². The third-order valence-corrected chi connectivity index (χ3v) is 2.92. The largest absolute Gasteiger partial charge is 0.496 e. The van der Waals surface area contributed by atoms with Crippen LogP contribution in [0.1, 0.15) is 26.3 Å². The Kier molecular flexibility index (Phi) is 6.76. The van der Waals surface area contributed by atoms with Gasteiger partial charge < -0.3 is 14.8 Å². The Labute approximate surface area is 110 Å². The van der Waals surface area contributed by atoms with E-state index >= 15 is 0 Å². The van der Waals surface area contributed by atoms with E-state index in [2.05, 4.69) is 25.2 Å². The molecule has 0 spiro atoms. The number of hydrogen-bond acceptors (Lipinski definition) is 3. The molecule has 0 aliphatic rings. The highest BCUT2D eigenvalue weighted by Gasteiger charge is 2.09. The number of ether oxygens (including phenoxy) is 2. The van der Waals surface area contributed by atoms with Crippen LogP contribution in [0.2, 0.25) is 0 Å². The van der Waals surface area contributed by atoms with Gasteiger partial charge in [-0.1, -0.05) is 18.2 Å². The SMILES string of the molecule is CCOC(C)CNC(C)Cc1ccccc1OC. The van der Waals surface area contributed by atoms with Crippen LogP contribution in [0.4, 0.5) is 0 Å². The van der Waals surface area contributed by atoms with Gasteiger partial charge in [-0.3, -0.25) is 0 Å². The highest BCUT2D eigenvalue weighted by Crippen LogP contribution is 2.18. The number of rotatable bonds is 8. The third kappa shape index (κ3) is 5.07. The first kappa shape index (κ1) is 15.0. The summed E-state index contributed by atoms with van der Waals surface area (Å²) in [6.45, 7) is 7.94. The molecule has 1 rings (SSSR count). The van der Waals surface area contributed by atoms with Gasteiger partial charge in [-0.2, -0.15) is 0 Å². The Morgan fingerprint density at radius 3 is 2.61 bits per heavy atom. The summed E-state index contributed by atoms with van der Waals surface area (Å²) in [4.78, 5) is 0. The van der Waals surface area contributed by atoms with E-state index in [1.165, 1.54) is 5.56 Å². The van der Waals surface area contributed by atoms with Gasteiger partial charge in [0.25, 0.3) is 0 Å². The second-order valence-electron chi connectivity index (χ2n) is 4.59. The summed E-state index contributed by atoms with van der Waals surface area (Å²) in [7, 11) is 1.72. The zero-order valence-corrected chi connectivity index (χ0v) is 11.9. The molecule has 0 heterocycles. The zero-order valence-electron chi connectivity index (χ0n) is 11.9. The van der Waals surface area contributed by atoms with Gasteiger partial charge in [-0.15, -0.1) is 0 Å². The van der Waals surface area contributed by atoms with Crippen LogP contribution in [0.5, 0.6) is 5.75 Å². The summed E-state index contributed by atoms with van der Waals surface area (Å²) in [5, 5.41) is 3.49. The van der Waals surface area contributed by atoms with Crippen molar-refractivity contribution in [3.8, 4) is 5.75 Å². The van der Waals surface area contributed by atoms with Crippen molar-refractivity contribution in [2.45, 2.75) is 39.3 Å². The lowest BCUT2D eigenvalue weighted by Crippen LogP contribution is -2.35. The smallest absolute Gasteiger partial charge is 0.122 e. The molecule has 1 aromatic rings. The lowest BCUT2D eigenvalue weighted by Gasteiger charge is -2.18. The van der Waals surface area contributed by atoms with E-state index in [1.54, 1.807) is 7.11 Å². The van der Waals surface area contributed by atoms with Crippen LogP contribution >= 0.6 is 0 Å². The molecular weight excluding hydrogens is 226 g/mol. The molecule has 1 aromatic carbocycles. The fourth-order valence-corrected chi connectivity index (χ4v) is 1.98. The number of benzene rings is 1. The Morgan fingerprint density at radius 2 is 1.94 bits per heavy atom. The lowest BCUT2D eigenvalue weighted by molar-refractivity contribution is 0.0743. The van der Waals surface area contributed by atoms with Crippen LogP contribution < -0.4 is 10.1 Å². The molecule has 0 amide bonds. The predicted molar refractivity (Wildman–Crippen MR) is 75.3 cm³/mol. The molecule has 3 nitrogen and oxygen atoms in total. The van der Waals surface area contributed by atoms with E-state index in [0.29, 0.717) is 6.04 Å². The quantitative estimate of drug-likeness (QED) is 0.770. The first-order valence-electron chi connectivity index (χ1n) is 6.64. The molecule has 2 atom stereocenters. The van der Waals surface area contributed by atoms with E-state index in [1.807, 2.05) is 25.1 Å². The maximum absolute atomic E-state index is 5.50. The van der Waals surface area contributed by atoms with Crippen molar-refractivity contribution in [2.75, 3.05) is 20.3 Å². The standard InChI is InChI=1S/C15H25NO2/c1-5-18-13(3)11-16-12(2)10-14-8-6-7-9-15(14)17-4/h6-9,12-13,16H,5,10-11H2,1-4H3. The number of para-hydroxylation sites is 1. The van der Waals surface area contributed by atoms with Crippen molar-refractivity contribution >= 4 is 0 Å². The van der Waals surface area contributed by atoms with Gasteiger partial charge in [-0.25, -0.2) is 0 Å². The molecule has 102 valence electrons. The van der Waals surface area contributed by atoms with E-state index in [-0.39, 0.29) is 6.10 Å². The molecule has 0 aliphatic heterocycles. The van der Waals surface area contributed by atoms with Crippen molar-refractivity contribution in [1.29, 1.82) is 0 Å². The lowest BCUT2D eigenvalue weighted by atomic mass is 10.1. The van der Waals surface area contributed by atoms with Crippen molar-refractivity contribution in [3.05, 3.63) is 29.8 Å². The van der Waals surface area contributed by atoms with Gasteiger partial charge in [0, 0.05) is 19.2 Å². The summed E-state index contributed by atoms with van der Waals surface area (Å²) in [6, 6.07) is 8.57. The van der Waals surface area contributed by atoms with Crippen molar-refractivity contribution in [3.63, 3.8) is 0 Å². The molecule has 3 heteroatoms. The summed E-state index contributed by atoms with van der Waals surface area (Å²) in [6.07, 6.45) is 1.22. The van der Waals surface area contributed by atoms with Crippen molar-refractivity contribution in [1.82, 2.24) is 5.32 Å². The second-order valence-corrected chi connectivity index (χ2v) is 4.59. The number of hydrogen-bond donors (Lipinski definition) is 1. The molecule has 0 radical (unpaired) electrons. The first-order chi connectivity index (χ1) is 8.67. The molecule has 0 saturated heterocycles. The molecule has 18 heavy (non-hydrogen) atoms. The first-order valence-corrected chi connectivity index (χ1v) is 6.64. The minimum atomic E-state index is 0.259. The second kappa shape index (κ2) is 8.11. The van der Waals surface area contributed by atoms with Crippen molar-refractivity contribution in [2.24, 2.45) is 0 Å². The minimum absolute atomic E-state index is 0.259. The normalized spacial score (nSPS) is 14.2. The third-order valence-electron chi connectivity index (χ3n) is 2.92. The van der Waals surface area contributed by atoms with Crippen LogP contribution in [0.15, 0.2) is 24.3 Å². The van der Waals surface area contributed by atoms with Gasteiger partial charge in [0.2, 0.25) is 0 Å². The maximum Gasteiger partial charge on any atom is 0.122 e. The Balaban J connectivity index is 2.41. The Hall–Kier alpha value is -1.06. The molecule has 0 saturated carbocycles. The highest BCUT2D eigenvalue weighted by atomic mass is 16.5. The Morgan fingerprint density at radius 1 is 1.22 bits per heavy atom. The zero-order chi connectivity index (χ0) is 13.4. The fourth-order valence-electron chi connectivity index (χ4n) is 1.98. The maximum atomic E-state index is 5.50. The minimum Gasteiger partial charge on any atom is -0.496 e. The van der Waals surface area contributed by atoms with Crippen molar-refractivity contribution < 1.29 is 9.47 Å². The average molecular weight is 251 g/mol. The van der Waals surface area contributed by atoms with E-state index in [4.69, 9.17) is 9.47 Å². The van der Waals surface area contributed by atoms with Crippen LogP contribution in [0.25, 0.3) is 0 Å². The van der Waals surface area contributed by atoms with Gasteiger partial charge in [0.05, 0.1) is 13.2 Å². The fraction of sp³-hybridized carbons (Fsp3) is 0.600. The molecule has 2 unspecified atom stereocenters. The van der Waals surface area contributed by atoms with Crippen LogP contribution in [-0.2, 0) is 11.2 Å². The summed E-state index contributed by atoms with van der Waals surface area (Å²) in [5.41, 5.74) is 1.24. The van der Waals surface area contributed by atoms with Gasteiger partial charge >= 0.3 is 0 Å². The molecule has 0 aliphatic carbocycles. The van der Waals surface area contributed by atoms with E-state index < -0.39 is 0 Å². The topological polar surface area (TPSA) is 30.5 Å². The van der Waals surface area contributed by atoms with E-state index in [0.717, 1.165) is 25.3 Å².